The van der Waals surface area contributed by atoms with Crippen molar-refractivity contribution in [1.82, 2.24) is 4.90 Å². The summed E-state index contributed by atoms with van der Waals surface area (Å²) < 4.78 is 10.8. The lowest BCUT2D eigenvalue weighted by Crippen LogP contribution is -2.16. The molecule has 2 rings (SSSR count). The van der Waals surface area contributed by atoms with Crippen LogP contribution in [0, 0.1) is 6.92 Å². The SMILES string of the molecule is Cc1occc1CN(C)Cc1ccc(CN)o1. The first-order valence-corrected chi connectivity index (χ1v) is 5.68. The van der Waals surface area contributed by atoms with Gasteiger partial charge in [0.1, 0.15) is 17.3 Å². The van der Waals surface area contributed by atoms with Crippen LogP contribution in [0.3, 0.4) is 0 Å². The molecule has 0 fully saturated rings. The zero-order valence-electron chi connectivity index (χ0n) is 10.3. The van der Waals surface area contributed by atoms with Crippen molar-refractivity contribution >= 4 is 0 Å². The maximum Gasteiger partial charge on any atom is 0.118 e. The molecule has 2 N–H and O–H groups in total. The van der Waals surface area contributed by atoms with Gasteiger partial charge >= 0.3 is 0 Å². The van der Waals surface area contributed by atoms with Crippen LogP contribution in [-0.4, -0.2) is 11.9 Å². The molecule has 0 saturated carbocycles. The summed E-state index contributed by atoms with van der Waals surface area (Å²) in [7, 11) is 2.05. The third-order valence-electron chi connectivity index (χ3n) is 2.75. The number of nitrogens with zero attached hydrogens (tertiary/aromatic N) is 1. The molecule has 2 aromatic heterocycles. The predicted molar refractivity (Wildman–Crippen MR) is 65.2 cm³/mol. The third-order valence-corrected chi connectivity index (χ3v) is 2.75. The Balaban J connectivity index is 1.93. The molecular formula is C13H18N2O2. The lowest BCUT2D eigenvalue weighted by Gasteiger charge is -2.14. The molecule has 0 spiro atoms. The fraction of sp³-hybridized carbons (Fsp3) is 0.385. The summed E-state index contributed by atoms with van der Waals surface area (Å²) >= 11 is 0. The summed E-state index contributed by atoms with van der Waals surface area (Å²) in [5.41, 5.74) is 6.71. The average Bonchev–Trinajstić information content (AvgIpc) is 2.89. The minimum Gasteiger partial charge on any atom is -0.469 e. The highest BCUT2D eigenvalue weighted by molar-refractivity contribution is 5.15. The normalized spacial score (nSPS) is 11.3. The molecule has 2 aromatic rings. The van der Waals surface area contributed by atoms with Gasteiger partial charge in [-0.15, -0.1) is 0 Å². The second-order valence-electron chi connectivity index (χ2n) is 4.25. The first kappa shape index (κ1) is 12.0. The van der Waals surface area contributed by atoms with Gasteiger partial charge in [-0.25, -0.2) is 0 Å². The lowest BCUT2D eigenvalue weighted by atomic mass is 10.2. The van der Waals surface area contributed by atoms with Crippen LogP contribution in [0.4, 0.5) is 0 Å². The van der Waals surface area contributed by atoms with E-state index in [9.17, 15) is 0 Å². The molecule has 4 heteroatoms. The minimum absolute atomic E-state index is 0.449. The summed E-state index contributed by atoms with van der Waals surface area (Å²) in [6.45, 7) is 4.04. The van der Waals surface area contributed by atoms with Crippen LogP contribution >= 0.6 is 0 Å². The van der Waals surface area contributed by atoms with Gasteiger partial charge in [-0.2, -0.15) is 0 Å². The Labute approximate surface area is 101 Å². The van der Waals surface area contributed by atoms with Gasteiger partial charge in [0.15, 0.2) is 0 Å². The second kappa shape index (κ2) is 5.21. The number of nitrogens with two attached hydrogens (primary N) is 1. The van der Waals surface area contributed by atoms with Crippen molar-refractivity contribution in [2.75, 3.05) is 7.05 Å². The van der Waals surface area contributed by atoms with E-state index in [1.165, 1.54) is 5.56 Å². The monoisotopic (exact) mass is 234 g/mol. The molecule has 0 aliphatic heterocycles. The number of rotatable bonds is 5. The molecule has 0 amide bonds. The summed E-state index contributed by atoms with van der Waals surface area (Å²) in [6, 6.07) is 5.90. The van der Waals surface area contributed by atoms with Gasteiger partial charge in [0.25, 0.3) is 0 Å². The van der Waals surface area contributed by atoms with Gasteiger partial charge in [0.05, 0.1) is 19.4 Å². The summed E-state index contributed by atoms with van der Waals surface area (Å²) in [4.78, 5) is 2.18. The van der Waals surface area contributed by atoms with Crippen LogP contribution in [0.25, 0.3) is 0 Å². The van der Waals surface area contributed by atoms with E-state index in [1.54, 1.807) is 6.26 Å². The molecule has 0 aromatic carbocycles. The van der Waals surface area contributed by atoms with E-state index in [2.05, 4.69) is 11.9 Å². The Bertz CT molecular complexity index is 473. The van der Waals surface area contributed by atoms with Crippen LogP contribution in [0.2, 0.25) is 0 Å². The summed E-state index contributed by atoms with van der Waals surface area (Å²) in [6.07, 6.45) is 1.72. The Morgan fingerprint density at radius 3 is 2.53 bits per heavy atom. The fourth-order valence-electron chi connectivity index (χ4n) is 1.81. The maximum atomic E-state index is 5.56. The van der Waals surface area contributed by atoms with Gasteiger partial charge in [-0.05, 0) is 32.2 Å². The van der Waals surface area contributed by atoms with E-state index < -0.39 is 0 Å². The standard InChI is InChI=1S/C13H18N2O2/c1-10-11(5-6-16-10)8-15(2)9-13-4-3-12(7-14)17-13/h3-6H,7-9,14H2,1-2H3. The average molecular weight is 234 g/mol. The van der Waals surface area contributed by atoms with E-state index in [4.69, 9.17) is 14.6 Å². The van der Waals surface area contributed by atoms with Crippen molar-refractivity contribution in [2.24, 2.45) is 5.73 Å². The number of aryl methyl sites for hydroxylation is 1. The molecule has 0 aliphatic carbocycles. The number of furan rings is 2. The highest BCUT2D eigenvalue weighted by Crippen LogP contribution is 2.14. The maximum absolute atomic E-state index is 5.56. The molecule has 4 nitrogen and oxygen atoms in total. The Kier molecular flexibility index (Phi) is 3.66. The van der Waals surface area contributed by atoms with Crippen molar-refractivity contribution in [2.45, 2.75) is 26.6 Å². The number of hydrogen-bond donors (Lipinski definition) is 1. The van der Waals surface area contributed by atoms with E-state index in [0.717, 1.165) is 30.4 Å². The highest BCUT2D eigenvalue weighted by atomic mass is 16.3. The molecular weight excluding hydrogens is 216 g/mol. The summed E-state index contributed by atoms with van der Waals surface area (Å²) in [5.74, 6) is 2.74. The Morgan fingerprint density at radius 1 is 1.18 bits per heavy atom. The molecule has 17 heavy (non-hydrogen) atoms. The molecule has 2 heterocycles. The van der Waals surface area contributed by atoms with Crippen LogP contribution in [0.15, 0.2) is 33.3 Å². The van der Waals surface area contributed by atoms with E-state index in [-0.39, 0.29) is 0 Å². The zero-order chi connectivity index (χ0) is 12.3. The molecule has 0 bridgehead atoms. The summed E-state index contributed by atoms with van der Waals surface area (Å²) in [5, 5.41) is 0. The highest BCUT2D eigenvalue weighted by Gasteiger charge is 2.08. The Morgan fingerprint density at radius 2 is 1.94 bits per heavy atom. The molecule has 0 radical (unpaired) electrons. The minimum atomic E-state index is 0.449. The predicted octanol–water partition coefficient (Wildman–Crippen LogP) is 2.27. The lowest BCUT2D eigenvalue weighted by molar-refractivity contribution is 0.282. The first-order valence-electron chi connectivity index (χ1n) is 5.68. The van der Waals surface area contributed by atoms with Crippen LogP contribution in [0.5, 0.6) is 0 Å². The Hall–Kier alpha value is -1.52. The van der Waals surface area contributed by atoms with Crippen molar-refractivity contribution in [1.29, 1.82) is 0 Å². The third kappa shape index (κ3) is 2.99. The van der Waals surface area contributed by atoms with Crippen LogP contribution in [0.1, 0.15) is 22.8 Å². The van der Waals surface area contributed by atoms with Gasteiger partial charge in [0.2, 0.25) is 0 Å². The van der Waals surface area contributed by atoms with Crippen molar-refractivity contribution < 1.29 is 8.83 Å². The van der Waals surface area contributed by atoms with Gasteiger partial charge in [-0.1, -0.05) is 0 Å². The van der Waals surface area contributed by atoms with Crippen LogP contribution < -0.4 is 5.73 Å². The largest absolute Gasteiger partial charge is 0.469 e. The molecule has 0 aliphatic rings. The van der Waals surface area contributed by atoms with E-state index in [0.29, 0.717) is 6.54 Å². The smallest absolute Gasteiger partial charge is 0.118 e. The van der Waals surface area contributed by atoms with Crippen LogP contribution in [-0.2, 0) is 19.6 Å². The van der Waals surface area contributed by atoms with E-state index >= 15 is 0 Å². The second-order valence-corrected chi connectivity index (χ2v) is 4.25. The van der Waals surface area contributed by atoms with Crippen molar-refractivity contribution in [3.05, 3.63) is 47.3 Å². The zero-order valence-corrected chi connectivity index (χ0v) is 10.3. The first-order chi connectivity index (χ1) is 8.19. The topological polar surface area (TPSA) is 55.5 Å². The number of hydrogen-bond acceptors (Lipinski definition) is 4. The van der Waals surface area contributed by atoms with Gasteiger partial charge in [-0.3, -0.25) is 4.90 Å². The molecule has 0 atom stereocenters. The van der Waals surface area contributed by atoms with Gasteiger partial charge < -0.3 is 14.6 Å². The van der Waals surface area contributed by atoms with Crippen molar-refractivity contribution in [3.8, 4) is 0 Å². The fourth-order valence-corrected chi connectivity index (χ4v) is 1.81. The quantitative estimate of drug-likeness (QED) is 0.862. The van der Waals surface area contributed by atoms with E-state index in [1.807, 2.05) is 25.1 Å². The van der Waals surface area contributed by atoms with Crippen molar-refractivity contribution in [3.63, 3.8) is 0 Å². The molecule has 92 valence electrons. The molecule has 0 unspecified atom stereocenters. The van der Waals surface area contributed by atoms with Gasteiger partial charge in [0, 0.05) is 12.1 Å². The molecule has 0 saturated heterocycles.